The van der Waals surface area contributed by atoms with Crippen LogP contribution in [-0.4, -0.2) is 71.9 Å². The van der Waals surface area contributed by atoms with Gasteiger partial charge in [-0.1, -0.05) is 42.5 Å². The number of anilines is 2. The summed E-state index contributed by atoms with van der Waals surface area (Å²) in [6, 6.07) is 28.7. The first-order valence-electron chi connectivity index (χ1n) is 19.3. The number of phosphoric ester groups is 1. The van der Waals surface area contributed by atoms with Gasteiger partial charge in [-0.05, 0) is 91.4 Å². The molecule has 5 heterocycles. The van der Waals surface area contributed by atoms with Crippen LogP contribution >= 0.6 is 7.82 Å². The van der Waals surface area contributed by atoms with Gasteiger partial charge < -0.3 is 42.6 Å². The van der Waals surface area contributed by atoms with Gasteiger partial charge >= 0.3 is 59.1 Å². The van der Waals surface area contributed by atoms with Gasteiger partial charge in [0.05, 0.1) is 24.3 Å². The summed E-state index contributed by atoms with van der Waals surface area (Å²) in [5.74, 6) is 0.448. The van der Waals surface area contributed by atoms with Crippen LogP contribution in [0.25, 0.3) is 11.3 Å². The number of phosphoric acid groups is 1. The molecule has 9 rings (SSSR count). The van der Waals surface area contributed by atoms with Crippen molar-refractivity contribution < 1.29 is 102 Å². The van der Waals surface area contributed by atoms with Crippen LogP contribution in [-0.2, 0) is 35.2 Å². The molecule has 4 aliphatic heterocycles. The Bertz CT molecular complexity index is 2370. The number of rotatable bonds is 9. The van der Waals surface area contributed by atoms with Gasteiger partial charge in [0, 0.05) is 67.1 Å². The first kappa shape index (κ1) is 43.7. The van der Waals surface area contributed by atoms with E-state index in [4.69, 9.17) is 14.2 Å². The number of aromatic nitrogens is 1. The molecular weight excluding hydrogens is 793 g/mol. The standard InChI is InChI=1S/C43H43N4O9P.2Na/c48-42(46-26-30-9-5-4-8-29(30)22-33(46)27-44-18-20-53-21-19-44)36-25-41-40(54-28-55-41)24-35(36)39-23-37(38-12-6-7-17-45(38)39)43(49)47(31-10-2-1-3-11-31)32-13-15-34(16-14-32)56-57(50,51)52;;/h1-5,8-11,13-16,23-25,33H,6-7,12,17-22,26-28H2,(H2,50,51,52);;/q;2*+1/p-2/t33-;;/m1../s1. The zero-order valence-corrected chi connectivity index (χ0v) is 38.1. The molecule has 1 atom stereocenters. The molecule has 0 radical (unpaired) electrons. The van der Waals surface area contributed by atoms with Crippen LogP contribution in [0, 0.1) is 0 Å². The van der Waals surface area contributed by atoms with Gasteiger partial charge in [-0.25, -0.2) is 0 Å². The van der Waals surface area contributed by atoms with Gasteiger partial charge in [-0.2, -0.15) is 0 Å². The normalized spacial score (nSPS) is 17.2. The van der Waals surface area contributed by atoms with Crippen molar-refractivity contribution >= 4 is 31.0 Å². The minimum Gasteiger partial charge on any atom is -0.780 e. The van der Waals surface area contributed by atoms with E-state index >= 15 is 4.79 Å². The second kappa shape index (κ2) is 18.7. The summed E-state index contributed by atoms with van der Waals surface area (Å²) >= 11 is 0. The molecule has 1 aromatic heterocycles. The summed E-state index contributed by atoms with van der Waals surface area (Å²) in [6.07, 6.45) is 3.16. The average Bonchev–Trinajstić information content (AvgIpc) is 3.85. The third-order valence-corrected chi connectivity index (χ3v) is 11.7. The molecule has 294 valence electrons. The molecule has 2 amide bonds. The number of hydrogen-bond donors (Lipinski definition) is 0. The SMILES string of the molecule is O=C(c1cc(-c2cc3c(cc2C(=O)N2Cc4ccccc4C[C@@H]2CN2CCOCC2)OCO3)n2c1CCCC2)N(c1ccccc1)c1ccc(OP(=O)([O-])[O-])cc1.[Na+].[Na+]. The second-order valence-corrected chi connectivity index (χ2v) is 15.8. The van der Waals surface area contributed by atoms with Crippen LogP contribution in [0.2, 0.25) is 0 Å². The zero-order chi connectivity index (χ0) is 39.1. The quantitative estimate of drug-likeness (QED) is 0.138. The van der Waals surface area contributed by atoms with Crippen molar-refractivity contribution in [1.82, 2.24) is 14.4 Å². The third-order valence-electron chi connectivity index (χ3n) is 11.2. The molecule has 0 aliphatic carbocycles. The Morgan fingerprint density at radius 2 is 1.47 bits per heavy atom. The Morgan fingerprint density at radius 1 is 0.797 bits per heavy atom. The number of carbonyl (C=O) groups excluding carboxylic acids is 2. The van der Waals surface area contributed by atoms with Crippen LogP contribution in [0.4, 0.5) is 11.4 Å². The Hall–Kier alpha value is -3.43. The third kappa shape index (κ3) is 9.27. The molecule has 0 unspecified atom stereocenters. The number of amides is 2. The fraction of sp³-hybridized carbons (Fsp3) is 0.302. The number of hydrogen-bond acceptors (Lipinski definition) is 10. The molecule has 4 aliphatic rings. The number of morpholine rings is 1. The summed E-state index contributed by atoms with van der Waals surface area (Å²) in [6.45, 7) is 4.82. The summed E-state index contributed by atoms with van der Waals surface area (Å²) in [4.78, 5) is 58.7. The van der Waals surface area contributed by atoms with Crippen molar-refractivity contribution in [2.24, 2.45) is 0 Å². The van der Waals surface area contributed by atoms with Gasteiger partial charge in [0.25, 0.3) is 11.8 Å². The van der Waals surface area contributed by atoms with E-state index in [1.165, 1.54) is 29.8 Å². The van der Waals surface area contributed by atoms with Crippen molar-refractivity contribution in [2.45, 2.75) is 44.8 Å². The van der Waals surface area contributed by atoms with Gasteiger partial charge in [0.2, 0.25) is 6.79 Å². The summed E-state index contributed by atoms with van der Waals surface area (Å²) in [5, 5.41) is 0. The molecule has 0 spiro atoms. The maximum atomic E-state index is 15.2. The maximum absolute atomic E-state index is 15.2. The van der Waals surface area contributed by atoms with Crippen LogP contribution in [0.15, 0.2) is 97.1 Å². The molecule has 13 nitrogen and oxygen atoms in total. The van der Waals surface area contributed by atoms with E-state index in [1.54, 1.807) is 11.0 Å². The van der Waals surface area contributed by atoms with Crippen LogP contribution in [0.5, 0.6) is 17.2 Å². The van der Waals surface area contributed by atoms with E-state index in [2.05, 4.69) is 32.2 Å². The Kier molecular flexibility index (Phi) is 13.8. The molecule has 0 N–H and O–H groups in total. The van der Waals surface area contributed by atoms with Crippen molar-refractivity contribution in [3.63, 3.8) is 0 Å². The molecule has 0 bridgehead atoms. The fourth-order valence-electron chi connectivity index (χ4n) is 8.51. The van der Waals surface area contributed by atoms with E-state index in [0.29, 0.717) is 72.3 Å². The van der Waals surface area contributed by atoms with Gasteiger partial charge in [0.1, 0.15) is 13.6 Å². The van der Waals surface area contributed by atoms with Crippen LogP contribution in [0.1, 0.15) is 50.4 Å². The number of nitrogens with zero attached hydrogens (tertiary/aromatic N) is 4. The average molecular weight is 835 g/mol. The molecule has 0 saturated carbocycles. The maximum Gasteiger partial charge on any atom is 1.00 e. The van der Waals surface area contributed by atoms with Crippen LogP contribution in [0.3, 0.4) is 0 Å². The fourth-order valence-corrected chi connectivity index (χ4v) is 8.89. The largest absolute Gasteiger partial charge is 1.00 e. The van der Waals surface area contributed by atoms with E-state index in [1.807, 2.05) is 53.4 Å². The molecule has 1 fully saturated rings. The monoisotopic (exact) mass is 834 g/mol. The Morgan fingerprint density at radius 3 is 2.20 bits per heavy atom. The summed E-state index contributed by atoms with van der Waals surface area (Å²) < 4.78 is 35.4. The van der Waals surface area contributed by atoms with Crippen molar-refractivity contribution in [3.05, 3.63) is 125 Å². The number of ether oxygens (including phenoxy) is 3. The number of carbonyl (C=O) groups is 2. The van der Waals surface area contributed by atoms with Gasteiger partial charge in [-0.15, -0.1) is 0 Å². The predicted molar refractivity (Wildman–Crippen MR) is 208 cm³/mol. The van der Waals surface area contributed by atoms with Gasteiger partial charge in [-0.3, -0.25) is 19.4 Å². The number of benzene rings is 4. The summed E-state index contributed by atoms with van der Waals surface area (Å²) in [5.41, 5.74) is 6.59. The molecule has 1 saturated heterocycles. The van der Waals surface area contributed by atoms with Crippen molar-refractivity contribution in [1.29, 1.82) is 0 Å². The van der Waals surface area contributed by atoms with Crippen molar-refractivity contribution in [3.8, 4) is 28.5 Å². The van der Waals surface area contributed by atoms with E-state index in [9.17, 15) is 19.1 Å². The molecular formula is C43H41N4Na2O9P. The Balaban J connectivity index is 0.00000264. The minimum absolute atomic E-state index is 0. The molecule has 59 heavy (non-hydrogen) atoms. The first-order valence-corrected chi connectivity index (χ1v) is 20.7. The van der Waals surface area contributed by atoms with E-state index < -0.39 is 7.82 Å². The Labute approximate surface area is 387 Å². The summed E-state index contributed by atoms with van der Waals surface area (Å²) in [7, 11) is -5.28. The number of para-hydroxylation sites is 1. The van der Waals surface area contributed by atoms with Gasteiger partial charge in [0.15, 0.2) is 11.5 Å². The van der Waals surface area contributed by atoms with E-state index in [0.717, 1.165) is 55.8 Å². The smallest absolute Gasteiger partial charge is 0.780 e. The molecule has 4 aromatic carbocycles. The van der Waals surface area contributed by atoms with E-state index in [-0.39, 0.29) is 89.5 Å². The predicted octanol–water partition coefficient (Wildman–Crippen LogP) is -0.687. The minimum atomic E-state index is -5.28. The zero-order valence-electron chi connectivity index (χ0n) is 33.2. The topological polar surface area (TPSA) is 149 Å². The molecule has 5 aromatic rings. The first-order chi connectivity index (χ1) is 27.7. The number of fused-ring (bicyclic) bond motifs is 3. The second-order valence-electron chi connectivity index (χ2n) is 14.7. The van der Waals surface area contributed by atoms with Crippen molar-refractivity contribution in [2.75, 3.05) is 44.5 Å². The van der Waals surface area contributed by atoms with Crippen LogP contribution < -0.4 is 87.8 Å². The molecule has 16 heteroatoms.